The number of carbonyl (C=O) groups excluding carboxylic acids is 1. The van der Waals surface area contributed by atoms with Gasteiger partial charge in [-0.2, -0.15) is 0 Å². The normalized spacial score (nSPS) is 10.1. The van der Waals surface area contributed by atoms with Gasteiger partial charge in [-0.05, 0) is 83.3 Å². The Labute approximate surface area is 188 Å². The molecule has 0 aliphatic rings. The van der Waals surface area contributed by atoms with Crippen LogP contribution >= 0.6 is 34.8 Å². The summed E-state index contributed by atoms with van der Waals surface area (Å²) in [5.74, 6) is 0.903. The lowest BCUT2D eigenvalue weighted by Gasteiger charge is -2.13. The number of thiocarbonyl (C=S) groups is 1. The third-order valence-electron chi connectivity index (χ3n) is 3.81. The number of benzene rings is 3. The Hall–Kier alpha value is -2.65. The number of anilines is 1. The molecule has 0 aliphatic heterocycles. The van der Waals surface area contributed by atoms with Gasteiger partial charge in [0.25, 0.3) is 5.91 Å². The summed E-state index contributed by atoms with van der Waals surface area (Å²) in [6.45, 7) is 0.678. The molecule has 0 saturated carbocycles. The van der Waals surface area contributed by atoms with Crippen LogP contribution in [0.2, 0.25) is 0 Å². The molecular formula is C22H19IN2O3S. The first-order chi connectivity index (χ1) is 14.1. The largest absolute Gasteiger partial charge is 0.490 e. The van der Waals surface area contributed by atoms with E-state index in [0.29, 0.717) is 24.5 Å². The van der Waals surface area contributed by atoms with E-state index in [9.17, 15) is 4.79 Å². The fraction of sp³-hybridized carbons (Fsp3) is 0.0909. The van der Waals surface area contributed by atoms with Gasteiger partial charge in [0, 0.05) is 9.26 Å². The summed E-state index contributed by atoms with van der Waals surface area (Å²) < 4.78 is 12.5. The molecule has 0 radical (unpaired) electrons. The number of halogens is 1. The van der Waals surface area contributed by atoms with Gasteiger partial charge in [-0.15, -0.1) is 0 Å². The molecule has 2 N–H and O–H groups in total. The molecule has 1 amide bonds. The molecule has 0 heterocycles. The Morgan fingerprint density at radius 1 is 0.862 bits per heavy atom. The van der Waals surface area contributed by atoms with E-state index in [1.165, 1.54) is 0 Å². The number of hydrogen-bond donors (Lipinski definition) is 2. The van der Waals surface area contributed by atoms with Crippen LogP contribution in [0, 0.1) is 3.57 Å². The highest BCUT2D eigenvalue weighted by Gasteiger charge is 2.13. The first-order valence-corrected chi connectivity index (χ1v) is 10.4. The van der Waals surface area contributed by atoms with Crippen molar-refractivity contribution < 1.29 is 14.3 Å². The van der Waals surface area contributed by atoms with Crippen molar-refractivity contribution >= 4 is 51.5 Å². The lowest BCUT2D eigenvalue weighted by molar-refractivity contribution is 0.0972. The Morgan fingerprint density at radius 2 is 1.52 bits per heavy atom. The molecule has 0 bridgehead atoms. The van der Waals surface area contributed by atoms with Gasteiger partial charge in [0.05, 0.1) is 5.56 Å². The van der Waals surface area contributed by atoms with Crippen LogP contribution in [0.5, 0.6) is 11.5 Å². The van der Waals surface area contributed by atoms with Gasteiger partial charge >= 0.3 is 0 Å². The third kappa shape index (κ3) is 6.72. The minimum Gasteiger partial charge on any atom is -0.490 e. The van der Waals surface area contributed by atoms with Crippen molar-refractivity contribution in [3.05, 3.63) is 88.0 Å². The highest BCUT2D eigenvalue weighted by Crippen LogP contribution is 2.18. The van der Waals surface area contributed by atoms with Gasteiger partial charge in [-0.3, -0.25) is 10.1 Å². The number of hydrogen-bond acceptors (Lipinski definition) is 4. The molecule has 3 aromatic carbocycles. The Morgan fingerprint density at radius 3 is 2.28 bits per heavy atom. The zero-order chi connectivity index (χ0) is 20.5. The molecule has 7 heteroatoms. The monoisotopic (exact) mass is 518 g/mol. The van der Waals surface area contributed by atoms with Crippen molar-refractivity contribution in [3.8, 4) is 11.5 Å². The van der Waals surface area contributed by atoms with Crippen LogP contribution in [0.1, 0.15) is 10.4 Å². The van der Waals surface area contributed by atoms with Gasteiger partial charge in [0.1, 0.15) is 24.7 Å². The van der Waals surface area contributed by atoms with E-state index in [2.05, 4.69) is 33.2 Å². The average Bonchev–Trinajstić information content (AvgIpc) is 2.74. The molecule has 3 aromatic rings. The lowest BCUT2D eigenvalue weighted by Crippen LogP contribution is -2.34. The molecule has 0 unspecified atom stereocenters. The number of carbonyl (C=O) groups is 1. The van der Waals surface area contributed by atoms with E-state index in [0.717, 1.165) is 15.0 Å². The van der Waals surface area contributed by atoms with Crippen molar-refractivity contribution in [2.75, 3.05) is 18.5 Å². The predicted octanol–water partition coefficient (Wildman–Crippen LogP) is 4.88. The Balaban J connectivity index is 1.53. The maximum atomic E-state index is 12.6. The molecule has 3 rings (SSSR count). The van der Waals surface area contributed by atoms with E-state index in [1.54, 1.807) is 18.2 Å². The van der Waals surface area contributed by atoms with Crippen LogP contribution in [-0.2, 0) is 0 Å². The quantitative estimate of drug-likeness (QED) is 0.266. The number of ether oxygens (including phenoxy) is 2. The molecular weight excluding hydrogens is 499 g/mol. The summed E-state index contributed by atoms with van der Waals surface area (Å²) in [4.78, 5) is 12.6. The Kier molecular flexibility index (Phi) is 7.83. The number of nitrogens with one attached hydrogen (secondary N) is 2. The second-order valence-corrected chi connectivity index (χ2v) is 7.58. The lowest BCUT2D eigenvalue weighted by atomic mass is 10.2. The van der Waals surface area contributed by atoms with Gasteiger partial charge in [-0.25, -0.2) is 0 Å². The highest BCUT2D eigenvalue weighted by molar-refractivity contribution is 14.1. The predicted molar refractivity (Wildman–Crippen MR) is 127 cm³/mol. The minimum atomic E-state index is -0.340. The Bertz CT molecular complexity index is 965. The van der Waals surface area contributed by atoms with Crippen LogP contribution in [0.25, 0.3) is 0 Å². The van der Waals surface area contributed by atoms with Crippen molar-refractivity contribution in [1.29, 1.82) is 0 Å². The average molecular weight is 518 g/mol. The van der Waals surface area contributed by atoms with Gasteiger partial charge in [0.2, 0.25) is 0 Å². The van der Waals surface area contributed by atoms with Crippen LogP contribution in [0.3, 0.4) is 0 Å². The van der Waals surface area contributed by atoms with E-state index in [4.69, 9.17) is 21.7 Å². The second kappa shape index (κ2) is 10.8. The molecule has 5 nitrogen and oxygen atoms in total. The molecule has 0 fully saturated rings. The van der Waals surface area contributed by atoms with Crippen molar-refractivity contribution in [2.45, 2.75) is 0 Å². The summed E-state index contributed by atoms with van der Waals surface area (Å²) in [7, 11) is 0. The van der Waals surface area contributed by atoms with E-state index in [1.807, 2.05) is 60.7 Å². The molecule has 0 atom stereocenters. The van der Waals surface area contributed by atoms with Gasteiger partial charge in [0.15, 0.2) is 5.11 Å². The third-order valence-corrected chi connectivity index (χ3v) is 4.74. The van der Waals surface area contributed by atoms with Gasteiger partial charge in [-0.1, -0.05) is 30.3 Å². The van der Waals surface area contributed by atoms with Crippen molar-refractivity contribution in [3.63, 3.8) is 0 Å². The zero-order valence-electron chi connectivity index (χ0n) is 15.4. The zero-order valence-corrected chi connectivity index (χ0v) is 18.4. The topological polar surface area (TPSA) is 59.6 Å². The highest BCUT2D eigenvalue weighted by atomic mass is 127. The molecule has 0 aliphatic carbocycles. The number of rotatable bonds is 7. The second-order valence-electron chi connectivity index (χ2n) is 5.92. The van der Waals surface area contributed by atoms with Gasteiger partial charge < -0.3 is 14.8 Å². The smallest absolute Gasteiger partial charge is 0.261 e. The summed E-state index contributed by atoms with van der Waals surface area (Å²) >= 11 is 7.47. The van der Waals surface area contributed by atoms with Crippen LogP contribution in [0.4, 0.5) is 5.69 Å². The maximum Gasteiger partial charge on any atom is 0.261 e. The summed E-state index contributed by atoms with van der Waals surface area (Å²) in [6.07, 6.45) is 0. The maximum absolute atomic E-state index is 12.6. The van der Waals surface area contributed by atoms with E-state index in [-0.39, 0.29) is 11.0 Å². The SMILES string of the molecule is O=C(NC(=S)Nc1ccc(I)cc1)c1ccccc1OCCOc1ccccc1. The standard InChI is InChI=1S/C22H19IN2O3S/c23-16-10-12-17(13-11-16)24-22(29)25-21(26)19-8-4-5-9-20(19)28-15-14-27-18-6-2-1-3-7-18/h1-13H,14-15H2,(H2,24,25,26,29). The fourth-order valence-corrected chi connectivity index (χ4v) is 3.04. The molecule has 0 saturated heterocycles. The summed E-state index contributed by atoms with van der Waals surface area (Å²) in [5, 5.41) is 5.90. The van der Waals surface area contributed by atoms with E-state index < -0.39 is 0 Å². The van der Waals surface area contributed by atoms with Crippen molar-refractivity contribution in [2.24, 2.45) is 0 Å². The van der Waals surface area contributed by atoms with Crippen LogP contribution in [0.15, 0.2) is 78.9 Å². The van der Waals surface area contributed by atoms with Crippen molar-refractivity contribution in [1.82, 2.24) is 5.32 Å². The number of amides is 1. The molecule has 29 heavy (non-hydrogen) atoms. The molecule has 0 aromatic heterocycles. The number of para-hydroxylation sites is 2. The summed E-state index contributed by atoms with van der Waals surface area (Å²) in [5.41, 5.74) is 1.21. The van der Waals surface area contributed by atoms with Crippen LogP contribution in [-0.4, -0.2) is 24.2 Å². The molecule has 0 spiro atoms. The first-order valence-electron chi connectivity index (χ1n) is 8.89. The molecule has 148 valence electrons. The summed E-state index contributed by atoms with van der Waals surface area (Å²) in [6, 6.07) is 24.2. The van der Waals surface area contributed by atoms with Crippen LogP contribution < -0.4 is 20.1 Å². The fourth-order valence-electron chi connectivity index (χ4n) is 2.47. The van der Waals surface area contributed by atoms with E-state index >= 15 is 0 Å². The minimum absolute atomic E-state index is 0.221. The first kappa shape index (κ1) is 21.1.